The number of hydrogen-bond acceptors (Lipinski definition) is 2. The maximum atomic E-state index is 13.6. The number of alkyl halides is 3. The van der Waals surface area contributed by atoms with Crippen molar-refractivity contribution >= 4 is 6.03 Å². The molecule has 128 valence electrons. The van der Waals surface area contributed by atoms with E-state index < -0.39 is 35.4 Å². The molecule has 2 rings (SSSR count). The lowest BCUT2D eigenvalue weighted by Gasteiger charge is -2.26. The van der Waals surface area contributed by atoms with Gasteiger partial charge in [0.2, 0.25) is 0 Å². The van der Waals surface area contributed by atoms with Crippen molar-refractivity contribution in [3.63, 3.8) is 0 Å². The zero-order chi connectivity index (χ0) is 17.2. The van der Waals surface area contributed by atoms with E-state index in [1.807, 2.05) is 0 Å². The molecule has 2 unspecified atom stereocenters. The number of aliphatic hydroxyl groups excluding tert-OH is 1. The molecule has 1 saturated heterocycles. The summed E-state index contributed by atoms with van der Waals surface area (Å²) in [5.41, 5.74) is -1.24. The van der Waals surface area contributed by atoms with Crippen LogP contribution in [-0.4, -0.2) is 41.9 Å². The van der Waals surface area contributed by atoms with Crippen LogP contribution in [0.25, 0.3) is 0 Å². The van der Waals surface area contributed by atoms with Gasteiger partial charge in [-0.15, -0.1) is 0 Å². The molecular weight excluding hydrogens is 323 g/mol. The molecule has 0 spiro atoms. The van der Waals surface area contributed by atoms with Crippen LogP contribution in [0.1, 0.15) is 18.0 Å². The summed E-state index contributed by atoms with van der Waals surface area (Å²) in [7, 11) is 0. The molecule has 1 fully saturated rings. The first-order valence-corrected chi connectivity index (χ1v) is 6.91. The second-order valence-electron chi connectivity index (χ2n) is 5.34. The maximum Gasteiger partial charge on any atom is 0.413 e. The summed E-state index contributed by atoms with van der Waals surface area (Å²) in [4.78, 5) is 13.0. The number of urea groups is 1. The fraction of sp³-hybridized carbons (Fsp3) is 0.500. The average Bonchev–Trinajstić information content (AvgIpc) is 2.93. The Labute approximate surface area is 128 Å². The fourth-order valence-electron chi connectivity index (χ4n) is 2.49. The Morgan fingerprint density at radius 3 is 2.43 bits per heavy atom. The van der Waals surface area contributed by atoms with Gasteiger partial charge in [0.05, 0.1) is 5.56 Å². The molecule has 2 amide bonds. The number of hydrogen-bond donors (Lipinski definition) is 2. The van der Waals surface area contributed by atoms with Crippen LogP contribution in [0.2, 0.25) is 0 Å². The zero-order valence-electron chi connectivity index (χ0n) is 11.9. The van der Waals surface area contributed by atoms with Crippen molar-refractivity contribution in [1.82, 2.24) is 10.2 Å². The van der Waals surface area contributed by atoms with Gasteiger partial charge < -0.3 is 15.3 Å². The minimum Gasteiger partial charge on any atom is -0.396 e. The number of nitrogens with zero attached hydrogens (tertiary/aromatic N) is 1. The lowest BCUT2D eigenvalue weighted by atomic mass is 10.1. The molecule has 2 N–H and O–H groups in total. The van der Waals surface area contributed by atoms with Crippen molar-refractivity contribution in [2.75, 3.05) is 19.7 Å². The van der Waals surface area contributed by atoms with Crippen molar-refractivity contribution in [2.24, 2.45) is 5.92 Å². The van der Waals surface area contributed by atoms with E-state index in [1.165, 1.54) is 0 Å². The SMILES string of the molecule is O=C(NC(c1c(F)cccc1F)C(F)(F)F)N1CCC(CO)C1. The number of amides is 2. The van der Waals surface area contributed by atoms with Gasteiger partial charge in [0, 0.05) is 25.6 Å². The monoisotopic (exact) mass is 338 g/mol. The summed E-state index contributed by atoms with van der Waals surface area (Å²) in [6.45, 7) is 0.0719. The van der Waals surface area contributed by atoms with Gasteiger partial charge in [-0.1, -0.05) is 6.07 Å². The van der Waals surface area contributed by atoms with Gasteiger partial charge >= 0.3 is 12.2 Å². The van der Waals surface area contributed by atoms with E-state index in [2.05, 4.69) is 0 Å². The molecule has 1 aliphatic heterocycles. The largest absolute Gasteiger partial charge is 0.413 e. The summed E-state index contributed by atoms with van der Waals surface area (Å²) in [5, 5.41) is 10.6. The summed E-state index contributed by atoms with van der Waals surface area (Å²) in [5.74, 6) is -2.99. The third kappa shape index (κ3) is 3.90. The second-order valence-corrected chi connectivity index (χ2v) is 5.34. The quantitative estimate of drug-likeness (QED) is 0.833. The van der Waals surface area contributed by atoms with Gasteiger partial charge in [-0.3, -0.25) is 0 Å². The van der Waals surface area contributed by atoms with Gasteiger partial charge in [-0.25, -0.2) is 13.6 Å². The Bertz CT molecular complexity index is 559. The van der Waals surface area contributed by atoms with Crippen molar-refractivity contribution in [2.45, 2.75) is 18.6 Å². The molecule has 4 nitrogen and oxygen atoms in total. The van der Waals surface area contributed by atoms with Crippen molar-refractivity contribution in [3.8, 4) is 0 Å². The number of carbonyl (C=O) groups excluding carboxylic acids is 1. The van der Waals surface area contributed by atoms with E-state index in [1.54, 1.807) is 5.32 Å². The molecule has 0 radical (unpaired) electrons. The summed E-state index contributed by atoms with van der Waals surface area (Å²) in [6.07, 6.45) is -4.61. The highest BCUT2D eigenvalue weighted by atomic mass is 19.4. The van der Waals surface area contributed by atoms with Gasteiger partial charge in [0.1, 0.15) is 11.6 Å². The highest BCUT2D eigenvalue weighted by Gasteiger charge is 2.45. The summed E-state index contributed by atoms with van der Waals surface area (Å²) in [6, 6.07) is -1.53. The van der Waals surface area contributed by atoms with Crippen LogP contribution < -0.4 is 5.32 Å². The lowest BCUT2D eigenvalue weighted by Crippen LogP contribution is -2.45. The number of nitrogens with one attached hydrogen (secondary N) is 1. The molecule has 1 heterocycles. The molecule has 0 bridgehead atoms. The van der Waals surface area contributed by atoms with Crippen LogP contribution in [0.15, 0.2) is 18.2 Å². The van der Waals surface area contributed by atoms with E-state index in [4.69, 9.17) is 5.11 Å². The van der Waals surface area contributed by atoms with Gasteiger partial charge in [0.15, 0.2) is 6.04 Å². The molecule has 1 aromatic rings. The normalized spacial score (nSPS) is 19.7. The molecule has 0 aromatic heterocycles. The van der Waals surface area contributed by atoms with Crippen LogP contribution >= 0.6 is 0 Å². The first-order valence-electron chi connectivity index (χ1n) is 6.91. The van der Waals surface area contributed by atoms with E-state index in [0.29, 0.717) is 18.6 Å². The minimum absolute atomic E-state index is 0.0899. The lowest BCUT2D eigenvalue weighted by molar-refractivity contribution is -0.156. The molecule has 9 heteroatoms. The van der Waals surface area contributed by atoms with E-state index in [0.717, 1.165) is 11.0 Å². The standard InChI is InChI=1S/C14H15F5N2O2/c15-9-2-1-3-10(16)11(9)12(14(17,18)19)20-13(23)21-5-4-8(6-21)7-22/h1-3,8,12,22H,4-7H2,(H,20,23). The Morgan fingerprint density at radius 1 is 1.35 bits per heavy atom. The molecule has 0 saturated carbocycles. The third-order valence-corrected chi connectivity index (χ3v) is 3.71. The van der Waals surface area contributed by atoms with E-state index >= 15 is 0 Å². The van der Waals surface area contributed by atoms with Crippen LogP contribution in [-0.2, 0) is 0 Å². The number of likely N-dealkylation sites (tertiary alicyclic amines) is 1. The van der Waals surface area contributed by atoms with Crippen LogP contribution in [0, 0.1) is 17.6 Å². The minimum atomic E-state index is -5.06. The highest BCUT2D eigenvalue weighted by Crippen LogP contribution is 2.35. The number of halogens is 5. The van der Waals surface area contributed by atoms with Gasteiger partial charge in [0.25, 0.3) is 0 Å². The Hall–Kier alpha value is -1.90. The second kappa shape index (κ2) is 6.69. The number of aliphatic hydroxyl groups is 1. The molecule has 1 aromatic carbocycles. The predicted molar refractivity (Wildman–Crippen MR) is 70.5 cm³/mol. The van der Waals surface area contributed by atoms with E-state index in [9.17, 15) is 26.7 Å². The smallest absolute Gasteiger partial charge is 0.396 e. The zero-order valence-corrected chi connectivity index (χ0v) is 11.9. The predicted octanol–water partition coefficient (Wildman–Crippen LogP) is 2.59. The van der Waals surface area contributed by atoms with Crippen molar-refractivity contribution in [3.05, 3.63) is 35.4 Å². The number of rotatable bonds is 3. The Kier molecular flexibility index (Phi) is 5.08. The Balaban J connectivity index is 2.22. The van der Waals surface area contributed by atoms with Gasteiger partial charge in [-0.05, 0) is 18.6 Å². The summed E-state index contributed by atoms with van der Waals surface area (Å²) < 4.78 is 66.7. The van der Waals surface area contributed by atoms with Gasteiger partial charge in [-0.2, -0.15) is 13.2 Å². The van der Waals surface area contributed by atoms with Crippen molar-refractivity contribution in [1.29, 1.82) is 0 Å². The van der Waals surface area contributed by atoms with Crippen LogP contribution in [0.3, 0.4) is 0 Å². The highest BCUT2D eigenvalue weighted by molar-refractivity contribution is 5.75. The molecule has 23 heavy (non-hydrogen) atoms. The number of carbonyl (C=O) groups is 1. The first-order chi connectivity index (χ1) is 10.7. The molecular formula is C14H15F5N2O2. The topological polar surface area (TPSA) is 52.6 Å². The Morgan fingerprint density at radius 2 is 1.96 bits per heavy atom. The van der Waals surface area contributed by atoms with Crippen LogP contribution in [0.5, 0.6) is 0 Å². The number of benzene rings is 1. The average molecular weight is 338 g/mol. The maximum absolute atomic E-state index is 13.6. The molecule has 0 aliphatic carbocycles. The van der Waals surface area contributed by atoms with Crippen molar-refractivity contribution < 1.29 is 31.9 Å². The molecule has 2 atom stereocenters. The fourth-order valence-corrected chi connectivity index (χ4v) is 2.49. The first kappa shape index (κ1) is 17.5. The summed E-state index contributed by atoms with van der Waals surface area (Å²) >= 11 is 0. The third-order valence-electron chi connectivity index (χ3n) is 3.71. The van der Waals surface area contributed by atoms with E-state index in [-0.39, 0.29) is 25.6 Å². The molecule has 1 aliphatic rings. The van der Waals surface area contributed by atoms with Crippen LogP contribution in [0.4, 0.5) is 26.7 Å².